The first-order valence-electron chi connectivity index (χ1n) is 14.9. The number of para-hydroxylation sites is 1. The first kappa shape index (κ1) is 45.1. The van der Waals surface area contributed by atoms with E-state index in [4.69, 9.17) is 14.7 Å². The van der Waals surface area contributed by atoms with Gasteiger partial charge in [-0.1, -0.05) is 66.7 Å². The number of hydrogen-bond donors (Lipinski definition) is 2. The fourth-order valence-electron chi connectivity index (χ4n) is 2.96. The Kier molecular flexibility index (Phi) is 29.2. The zero-order valence-corrected chi connectivity index (χ0v) is 29.0. The molecule has 44 heavy (non-hydrogen) atoms. The molecule has 11 nitrogen and oxygen atoms in total. The third-order valence-corrected chi connectivity index (χ3v) is 5.29. The van der Waals surface area contributed by atoms with E-state index in [2.05, 4.69) is 58.2 Å². The van der Waals surface area contributed by atoms with Crippen LogP contribution >= 0.6 is 0 Å². The lowest BCUT2D eigenvalue weighted by Gasteiger charge is -2.21. The highest BCUT2D eigenvalue weighted by atomic mass is 16.5. The normalized spacial score (nSPS) is 14.8. The molecule has 1 saturated heterocycles. The molecular weight excluding hydrogens is 562 g/mol. The van der Waals surface area contributed by atoms with Crippen molar-refractivity contribution in [2.24, 2.45) is 11.3 Å². The molecule has 1 aliphatic heterocycles. The summed E-state index contributed by atoms with van der Waals surface area (Å²) in [5, 5.41) is 14.5. The summed E-state index contributed by atoms with van der Waals surface area (Å²) in [6.07, 6.45) is 3.34. The Morgan fingerprint density at radius 2 is 1.73 bits per heavy atom. The van der Waals surface area contributed by atoms with Crippen molar-refractivity contribution in [2.45, 2.75) is 80.3 Å². The number of nitrogens with one attached hydrogen (secondary N) is 2. The lowest BCUT2D eigenvalue weighted by Crippen LogP contribution is -2.41. The Balaban J connectivity index is -0.000000510. The highest BCUT2D eigenvalue weighted by Crippen LogP contribution is 2.22. The van der Waals surface area contributed by atoms with Crippen LogP contribution in [0.15, 0.2) is 24.3 Å². The van der Waals surface area contributed by atoms with Gasteiger partial charge in [0, 0.05) is 38.9 Å². The summed E-state index contributed by atoms with van der Waals surface area (Å²) in [6, 6.07) is 10.1. The summed E-state index contributed by atoms with van der Waals surface area (Å²) in [5.41, 5.74) is 2.45. The lowest BCUT2D eigenvalue weighted by atomic mass is 10.0. The van der Waals surface area contributed by atoms with Gasteiger partial charge in [0.15, 0.2) is 0 Å². The predicted octanol–water partition coefficient (Wildman–Crippen LogP) is 4.30. The number of amides is 3. The van der Waals surface area contributed by atoms with Gasteiger partial charge in [0.25, 0.3) is 0 Å². The van der Waals surface area contributed by atoms with Gasteiger partial charge >= 0.3 is 0 Å². The average Bonchev–Trinajstić information content (AvgIpc) is 3.35. The van der Waals surface area contributed by atoms with Gasteiger partial charge in [-0.15, -0.1) is 0 Å². The molecule has 0 saturated carbocycles. The van der Waals surface area contributed by atoms with Crippen LogP contribution in [0.2, 0.25) is 0 Å². The van der Waals surface area contributed by atoms with Crippen LogP contribution in [-0.2, 0) is 28.7 Å². The molecule has 11 heteroatoms. The number of carbonyl (C=O) groups is 4. The number of ether oxygens (including phenoxy) is 2. The topological polar surface area (TPSA) is 141 Å². The van der Waals surface area contributed by atoms with E-state index in [-0.39, 0.29) is 18.5 Å². The summed E-state index contributed by atoms with van der Waals surface area (Å²) in [7, 11) is 5.11. The molecule has 1 aliphatic rings. The van der Waals surface area contributed by atoms with Gasteiger partial charge in [-0.2, -0.15) is 5.26 Å². The van der Waals surface area contributed by atoms with Gasteiger partial charge in [0.2, 0.25) is 18.7 Å². The molecule has 1 aromatic carbocycles. The second kappa shape index (κ2) is 28.4. The summed E-state index contributed by atoms with van der Waals surface area (Å²) in [5.74, 6) is 0.209. The number of aryl methyl sites for hydroxylation is 1. The number of aldehydes is 1. The number of anilines is 1. The van der Waals surface area contributed by atoms with Gasteiger partial charge < -0.3 is 34.7 Å². The molecular formula is C33H59N5O6. The van der Waals surface area contributed by atoms with E-state index >= 15 is 0 Å². The van der Waals surface area contributed by atoms with Gasteiger partial charge in [0.1, 0.15) is 12.3 Å². The van der Waals surface area contributed by atoms with Crippen molar-refractivity contribution in [3.8, 4) is 6.07 Å². The number of nitrogens with zero attached hydrogens (tertiary/aromatic N) is 3. The summed E-state index contributed by atoms with van der Waals surface area (Å²) < 4.78 is 9.67. The van der Waals surface area contributed by atoms with Crippen LogP contribution in [0.25, 0.3) is 0 Å². The third-order valence-electron chi connectivity index (χ3n) is 5.29. The minimum absolute atomic E-state index is 0.0500. The molecule has 1 aromatic rings. The highest BCUT2D eigenvalue weighted by molar-refractivity contribution is 5.81. The quantitative estimate of drug-likeness (QED) is 0.260. The molecule has 252 valence electrons. The monoisotopic (exact) mass is 621 g/mol. The first-order chi connectivity index (χ1) is 20.6. The maximum atomic E-state index is 11.7. The molecule has 0 bridgehead atoms. The molecule has 2 N–H and O–H groups in total. The number of hydrogen-bond acceptors (Lipinski definition) is 8. The van der Waals surface area contributed by atoms with Crippen molar-refractivity contribution in [3.05, 3.63) is 29.8 Å². The van der Waals surface area contributed by atoms with Crippen molar-refractivity contribution in [2.75, 3.05) is 59.4 Å². The van der Waals surface area contributed by atoms with Crippen LogP contribution in [0.3, 0.4) is 0 Å². The first-order valence-corrected chi connectivity index (χ1v) is 14.9. The maximum absolute atomic E-state index is 11.7. The second-order valence-electron chi connectivity index (χ2n) is 12.1. The van der Waals surface area contributed by atoms with E-state index in [1.807, 2.05) is 45.2 Å². The second-order valence-corrected chi connectivity index (χ2v) is 12.1. The van der Waals surface area contributed by atoms with E-state index in [1.54, 1.807) is 19.1 Å². The number of methoxy groups -OCH3 is 1. The SMILES string of the molecule is CC(C)(C)C.CC1CC(C#N)N(C(=O)CN(C)C=O)C1.CNC(C)C.COCCOCCC=O.Cc1ccccc1NC=O. The highest BCUT2D eigenvalue weighted by Gasteiger charge is 2.33. The summed E-state index contributed by atoms with van der Waals surface area (Å²) in [6.45, 7) is 19.3. The van der Waals surface area contributed by atoms with Crippen molar-refractivity contribution in [3.63, 3.8) is 0 Å². The van der Waals surface area contributed by atoms with Crippen LogP contribution in [0.1, 0.15) is 66.9 Å². The Morgan fingerprint density at radius 1 is 1.16 bits per heavy atom. The number of likely N-dealkylation sites (tertiary alicyclic amines) is 1. The molecule has 1 fully saturated rings. The minimum atomic E-state index is -0.326. The van der Waals surface area contributed by atoms with E-state index in [9.17, 15) is 19.2 Å². The Morgan fingerprint density at radius 3 is 2.16 bits per heavy atom. The smallest absolute Gasteiger partial charge is 0.243 e. The van der Waals surface area contributed by atoms with Gasteiger partial charge in [-0.3, -0.25) is 14.4 Å². The van der Waals surface area contributed by atoms with E-state index in [1.165, 1.54) is 4.90 Å². The van der Waals surface area contributed by atoms with Gasteiger partial charge in [-0.25, -0.2) is 0 Å². The molecule has 2 unspecified atom stereocenters. The number of carbonyl (C=O) groups excluding carboxylic acids is 4. The van der Waals surface area contributed by atoms with E-state index in [0.717, 1.165) is 24.0 Å². The summed E-state index contributed by atoms with van der Waals surface area (Å²) >= 11 is 0. The lowest BCUT2D eigenvalue weighted by molar-refractivity contribution is -0.135. The van der Waals surface area contributed by atoms with Crippen molar-refractivity contribution in [1.29, 1.82) is 5.26 Å². The van der Waals surface area contributed by atoms with Crippen molar-refractivity contribution in [1.82, 2.24) is 15.1 Å². The number of rotatable bonds is 12. The Labute approximate surface area is 266 Å². The molecule has 0 radical (unpaired) electrons. The van der Waals surface area contributed by atoms with Crippen LogP contribution < -0.4 is 10.6 Å². The Hall–Kier alpha value is -3.33. The third kappa shape index (κ3) is 30.1. The maximum Gasteiger partial charge on any atom is 0.243 e. The van der Waals surface area contributed by atoms with Gasteiger partial charge in [-0.05, 0) is 43.4 Å². The van der Waals surface area contributed by atoms with E-state index in [0.29, 0.717) is 63.0 Å². The standard InChI is InChI=1S/C10H15N3O2.C8H9NO.C6H12O3.C5H12.C4H11N/c1-8-3-9(4-11)13(5-8)10(15)6-12(2)7-14;1-7-4-2-3-5-8(7)9-6-10;1-8-5-6-9-4-2-3-7;1-5(2,3)4;1-4(2)5-3/h7-9H,3,5-6H2,1-2H3;2-6H,1H3,(H,9,10);3H,2,4-6H2,1H3;1-4H3;4-5H,1-3H3. The van der Waals surface area contributed by atoms with Crippen molar-refractivity contribution >= 4 is 30.7 Å². The van der Waals surface area contributed by atoms with Crippen LogP contribution in [0, 0.1) is 29.6 Å². The van der Waals surface area contributed by atoms with E-state index < -0.39 is 0 Å². The van der Waals surface area contributed by atoms with Crippen LogP contribution in [0.5, 0.6) is 0 Å². The molecule has 0 aromatic heterocycles. The number of nitriles is 1. The fourth-order valence-corrected chi connectivity index (χ4v) is 2.96. The zero-order chi connectivity index (χ0) is 34.6. The summed E-state index contributed by atoms with van der Waals surface area (Å²) in [4.78, 5) is 44.6. The minimum Gasteiger partial charge on any atom is -0.382 e. The molecule has 0 aliphatic carbocycles. The van der Waals surface area contributed by atoms with Crippen LogP contribution in [-0.4, -0.2) is 101 Å². The molecule has 0 spiro atoms. The Bertz CT molecular complexity index is 924. The predicted molar refractivity (Wildman–Crippen MR) is 177 cm³/mol. The molecule has 1 heterocycles. The zero-order valence-electron chi connectivity index (χ0n) is 29.0. The average molecular weight is 622 g/mol. The van der Waals surface area contributed by atoms with Gasteiger partial charge in [0.05, 0.1) is 32.4 Å². The largest absolute Gasteiger partial charge is 0.382 e. The van der Waals surface area contributed by atoms with Crippen LogP contribution in [0.4, 0.5) is 5.69 Å². The number of benzene rings is 1. The molecule has 2 rings (SSSR count). The fraction of sp³-hybridized carbons (Fsp3) is 0.667. The number of likely N-dealkylation sites (N-methyl/N-ethyl adjacent to an activating group) is 1. The van der Waals surface area contributed by atoms with Crippen molar-refractivity contribution < 1.29 is 28.7 Å². The molecule has 3 amide bonds. The molecule has 2 atom stereocenters.